The highest BCUT2D eigenvalue weighted by Crippen LogP contribution is 2.22. The van der Waals surface area contributed by atoms with Gasteiger partial charge in [0.05, 0.1) is 12.6 Å². The number of carbonyl (C=O) groups excluding carboxylic acids is 1. The van der Waals surface area contributed by atoms with Crippen LogP contribution >= 0.6 is 0 Å². The molecule has 1 amide bonds. The third-order valence-corrected chi connectivity index (χ3v) is 2.61. The van der Waals surface area contributed by atoms with Crippen molar-refractivity contribution in [3.8, 4) is 5.75 Å². The second-order valence-electron chi connectivity index (χ2n) is 4.09. The second kappa shape index (κ2) is 5.22. The summed E-state index contributed by atoms with van der Waals surface area (Å²) in [5.74, 6) is -0.479. The van der Waals surface area contributed by atoms with Gasteiger partial charge in [-0.25, -0.2) is 9.18 Å². The lowest BCUT2D eigenvalue weighted by Crippen LogP contribution is -2.22. The number of aliphatic hydroxyl groups excluding tert-OH is 1. The predicted molar refractivity (Wildman–Crippen MR) is 60.8 cm³/mol. The first-order chi connectivity index (χ1) is 8.56. The quantitative estimate of drug-likeness (QED) is 0.852. The topological polar surface area (TPSA) is 67.8 Å². The SMILES string of the molecule is C[C@H](O)c1ccc(OCC2CNC(=O)O2)c(F)c1. The van der Waals surface area contributed by atoms with Crippen molar-refractivity contribution in [3.05, 3.63) is 29.6 Å². The fourth-order valence-corrected chi connectivity index (χ4v) is 1.60. The molecule has 6 heteroatoms. The van der Waals surface area contributed by atoms with Crippen LogP contribution in [0.1, 0.15) is 18.6 Å². The van der Waals surface area contributed by atoms with E-state index in [0.717, 1.165) is 0 Å². The van der Waals surface area contributed by atoms with E-state index in [1.807, 2.05) is 0 Å². The molecule has 5 nitrogen and oxygen atoms in total. The summed E-state index contributed by atoms with van der Waals surface area (Å²) in [6, 6.07) is 4.25. The maximum Gasteiger partial charge on any atom is 0.407 e. The van der Waals surface area contributed by atoms with Crippen LogP contribution in [0, 0.1) is 5.82 Å². The number of alkyl carbamates (subject to hydrolysis) is 1. The molecule has 1 aromatic carbocycles. The second-order valence-corrected chi connectivity index (χ2v) is 4.09. The minimum absolute atomic E-state index is 0.0716. The normalized spacial score (nSPS) is 20.2. The molecule has 1 aliphatic rings. The number of benzene rings is 1. The smallest absolute Gasteiger partial charge is 0.407 e. The highest BCUT2D eigenvalue weighted by molar-refractivity contribution is 5.69. The largest absolute Gasteiger partial charge is 0.487 e. The van der Waals surface area contributed by atoms with Gasteiger partial charge in [-0.05, 0) is 24.6 Å². The molecule has 98 valence electrons. The number of nitrogens with one attached hydrogen (secondary N) is 1. The third kappa shape index (κ3) is 2.89. The first-order valence-electron chi connectivity index (χ1n) is 5.61. The molecule has 1 unspecified atom stereocenters. The lowest BCUT2D eigenvalue weighted by Gasteiger charge is -2.12. The van der Waals surface area contributed by atoms with E-state index in [0.29, 0.717) is 12.1 Å². The number of ether oxygens (including phenoxy) is 2. The number of hydrogen-bond acceptors (Lipinski definition) is 4. The van der Waals surface area contributed by atoms with E-state index in [1.165, 1.54) is 12.1 Å². The Kier molecular flexibility index (Phi) is 3.66. The van der Waals surface area contributed by atoms with Crippen LogP contribution in [0.25, 0.3) is 0 Å². The Morgan fingerprint density at radius 2 is 2.44 bits per heavy atom. The lowest BCUT2D eigenvalue weighted by molar-refractivity contribution is 0.103. The summed E-state index contributed by atoms with van der Waals surface area (Å²) >= 11 is 0. The van der Waals surface area contributed by atoms with Crippen molar-refractivity contribution in [1.29, 1.82) is 0 Å². The molecule has 0 radical (unpaired) electrons. The third-order valence-electron chi connectivity index (χ3n) is 2.61. The molecule has 18 heavy (non-hydrogen) atoms. The molecule has 0 aromatic heterocycles. The van der Waals surface area contributed by atoms with E-state index in [9.17, 15) is 14.3 Å². The molecule has 1 aromatic rings. The standard InChI is InChI=1S/C12H14FNO4/c1-7(15)8-2-3-11(10(13)4-8)17-6-9-5-14-12(16)18-9/h2-4,7,9,15H,5-6H2,1H3,(H,14,16)/t7-,9?/m0/s1. The van der Waals surface area contributed by atoms with Crippen molar-refractivity contribution in [2.45, 2.75) is 19.1 Å². The molecule has 1 aliphatic heterocycles. The van der Waals surface area contributed by atoms with Gasteiger partial charge in [0.2, 0.25) is 0 Å². The van der Waals surface area contributed by atoms with Crippen LogP contribution in [0.4, 0.5) is 9.18 Å². The summed E-state index contributed by atoms with van der Waals surface area (Å²) in [4.78, 5) is 10.8. The van der Waals surface area contributed by atoms with Gasteiger partial charge in [-0.3, -0.25) is 0 Å². The van der Waals surface area contributed by atoms with Crippen molar-refractivity contribution < 1.29 is 23.8 Å². The summed E-state index contributed by atoms with van der Waals surface area (Å²) < 4.78 is 23.7. The molecule has 0 spiro atoms. The van der Waals surface area contributed by atoms with E-state index in [1.54, 1.807) is 13.0 Å². The van der Waals surface area contributed by atoms with Crippen LogP contribution in [-0.2, 0) is 4.74 Å². The fourth-order valence-electron chi connectivity index (χ4n) is 1.60. The molecule has 0 aliphatic carbocycles. The molecule has 2 atom stereocenters. The van der Waals surface area contributed by atoms with E-state index < -0.39 is 24.1 Å². The average molecular weight is 255 g/mol. The summed E-state index contributed by atoms with van der Waals surface area (Å²) in [5, 5.41) is 11.8. The van der Waals surface area contributed by atoms with Gasteiger partial charge < -0.3 is 19.9 Å². The van der Waals surface area contributed by atoms with Crippen LogP contribution in [0.15, 0.2) is 18.2 Å². The molecule has 2 N–H and O–H groups in total. The van der Waals surface area contributed by atoms with Crippen molar-refractivity contribution >= 4 is 6.09 Å². The van der Waals surface area contributed by atoms with Gasteiger partial charge in [-0.2, -0.15) is 0 Å². The molecule has 0 bridgehead atoms. The average Bonchev–Trinajstić information content (AvgIpc) is 2.73. The molecule has 1 saturated heterocycles. The Balaban J connectivity index is 1.95. The number of aliphatic hydroxyl groups is 1. The maximum absolute atomic E-state index is 13.6. The zero-order chi connectivity index (χ0) is 13.1. The highest BCUT2D eigenvalue weighted by atomic mass is 19.1. The lowest BCUT2D eigenvalue weighted by atomic mass is 10.1. The van der Waals surface area contributed by atoms with Crippen LogP contribution in [0.5, 0.6) is 5.75 Å². The predicted octanol–water partition coefficient (Wildman–Crippen LogP) is 1.37. The Bertz CT molecular complexity index is 450. The van der Waals surface area contributed by atoms with Crippen molar-refractivity contribution in [1.82, 2.24) is 5.32 Å². The summed E-state index contributed by atoms with van der Waals surface area (Å²) in [5.41, 5.74) is 0.480. The monoisotopic (exact) mass is 255 g/mol. The number of halogens is 1. The molecule has 1 fully saturated rings. The maximum atomic E-state index is 13.6. The van der Waals surface area contributed by atoms with Crippen molar-refractivity contribution in [3.63, 3.8) is 0 Å². The van der Waals surface area contributed by atoms with Gasteiger partial charge in [0, 0.05) is 0 Å². The number of hydrogen-bond donors (Lipinski definition) is 2. The van der Waals surface area contributed by atoms with Crippen LogP contribution in [0.2, 0.25) is 0 Å². The van der Waals surface area contributed by atoms with Gasteiger partial charge in [0.1, 0.15) is 6.61 Å². The Hall–Kier alpha value is -1.82. The van der Waals surface area contributed by atoms with E-state index in [4.69, 9.17) is 9.47 Å². The number of rotatable bonds is 4. The van der Waals surface area contributed by atoms with Crippen LogP contribution in [0.3, 0.4) is 0 Å². The molecule has 2 rings (SSSR count). The Labute approximate surface area is 104 Å². The number of cyclic esters (lactones) is 1. The minimum atomic E-state index is -0.728. The van der Waals surface area contributed by atoms with Crippen LogP contribution in [-0.4, -0.2) is 30.5 Å². The molecule has 1 heterocycles. The zero-order valence-electron chi connectivity index (χ0n) is 9.85. The first kappa shape index (κ1) is 12.6. The Morgan fingerprint density at radius 1 is 1.67 bits per heavy atom. The highest BCUT2D eigenvalue weighted by Gasteiger charge is 2.23. The first-order valence-corrected chi connectivity index (χ1v) is 5.61. The van der Waals surface area contributed by atoms with E-state index in [-0.39, 0.29) is 12.4 Å². The number of amides is 1. The summed E-state index contributed by atoms with van der Waals surface area (Å²) in [6.07, 6.45) is -1.63. The molecular formula is C12H14FNO4. The van der Waals surface area contributed by atoms with Crippen molar-refractivity contribution in [2.24, 2.45) is 0 Å². The number of carbonyl (C=O) groups is 1. The molecule has 0 saturated carbocycles. The van der Waals surface area contributed by atoms with Gasteiger partial charge in [0.25, 0.3) is 0 Å². The minimum Gasteiger partial charge on any atom is -0.487 e. The van der Waals surface area contributed by atoms with Gasteiger partial charge >= 0.3 is 6.09 Å². The van der Waals surface area contributed by atoms with E-state index >= 15 is 0 Å². The Morgan fingerprint density at radius 3 is 3.00 bits per heavy atom. The van der Waals surface area contributed by atoms with Crippen LogP contribution < -0.4 is 10.1 Å². The zero-order valence-corrected chi connectivity index (χ0v) is 9.85. The summed E-state index contributed by atoms with van der Waals surface area (Å²) in [6.45, 7) is 1.99. The molecular weight excluding hydrogens is 241 g/mol. The van der Waals surface area contributed by atoms with Gasteiger partial charge in [-0.15, -0.1) is 0 Å². The van der Waals surface area contributed by atoms with Gasteiger partial charge in [0.15, 0.2) is 17.7 Å². The van der Waals surface area contributed by atoms with Crippen molar-refractivity contribution in [2.75, 3.05) is 13.2 Å². The summed E-state index contributed by atoms with van der Waals surface area (Å²) in [7, 11) is 0. The van der Waals surface area contributed by atoms with E-state index in [2.05, 4.69) is 5.32 Å². The van der Waals surface area contributed by atoms with Gasteiger partial charge in [-0.1, -0.05) is 6.07 Å². The fraction of sp³-hybridized carbons (Fsp3) is 0.417.